The minimum atomic E-state index is -0.526. The second-order valence-corrected chi connectivity index (χ2v) is 8.57. The van der Waals surface area contributed by atoms with Crippen molar-refractivity contribution in [2.45, 2.75) is 13.5 Å². The number of carbonyl (C=O) groups excluding carboxylic acids is 3. The van der Waals surface area contributed by atoms with Crippen molar-refractivity contribution in [1.82, 2.24) is 4.90 Å². The predicted octanol–water partition coefficient (Wildman–Crippen LogP) is 5.72. The fourth-order valence-corrected chi connectivity index (χ4v) is 4.26. The van der Waals surface area contributed by atoms with E-state index in [9.17, 15) is 18.8 Å². The van der Waals surface area contributed by atoms with Crippen molar-refractivity contribution in [3.8, 4) is 11.5 Å². The standard InChI is InChI=1S/C27H22FNO5S/c1-2-33-24-14-18(12-13-23(24)34-17-20-10-6-7-11-21(20)28)15-25-26(31)29(27(32)35-25)16-22(30)19-8-4-3-5-9-19/h3-15H,2,16-17H2,1H3. The molecule has 0 unspecified atom stereocenters. The van der Waals surface area contributed by atoms with Crippen molar-refractivity contribution < 1.29 is 28.2 Å². The van der Waals surface area contributed by atoms with Crippen molar-refractivity contribution in [2.75, 3.05) is 13.2 Å². The molecule has 8 heteroatoms. The summed E-state index contributed by atoms with van der Waals surface area (Å²) in [7, 11) is 0. The Labute approximate surface area is 206 Å². The molecular formula is C27H22FNO5S. The maximum atomic E-state index is 13.9. The van der Waals surface area contributed by atoms with Gasteiger partial charge in [-0.1, -0.05) is 54.6 Å². The van der Waals surface area contributed by atoms with Crippen LogP contribution in [0.15, 0.2) is 77.7 Å². The minimum Gasteiger partial charge on any atom is -0.490 e. The topological polar surface area (TPSA) is 72.9 Å². The highest BCUT2D eigenvalue weighted by atomic mass is 32.2. The van der Waals surface area contributed by atoms with Crippen LogP contribution in [0.4, 0.5) is 9.18 Å². The molecule has 1 saturated heterocycles. The molecular weight excluding hydrogens is 469 g/mol. The molecule has 178 valence electrons. The molecule has 1 fully saturated rings. The maximum absolute atomic E-state index is 13.9. The third-order valence-electron chi connectivity index (χ3n) is 5.18. The van der Waals surface area contributed by atoms with Crippen LogP contribution in [-0.2, 0) is 11.4 Å². The molecule has 1 aliphatic heterocycles. The summed E-state index contributed by atoms with van der Waals surface area (Å²) in [5.74, 6) is -0.348. The Bertz CT molecular complexity index is 1290. The third-order valence-corrected chi connectivity index (χ3v) is 6.08. The lowest BCUT2D eigenvalue weighted by molar-refractivity contribution is -0.122. The van der Waals surface area contributed by atoms with E-state index in [0.717, 1.165) is 16.7 Å². The Hall–Kier alpha value is -3.91. The smallest absolute Gasteiger partial charge is 0.293 e. The van der Waals surface area contributed by atoms with E-state index in [1.807, 2.05) is 6.92 Å². The number of imide groups is 1. The Morgan fingerprint density at radius 2 is 1.71 bits per heavy atom. The molecule has 3 aromatic rings. The molecule has 0 bridgehead atoms. The van der Waals surface area contributed by atoms with Gasteiger partial charge in [0.2, 0.25) is 0 Å². The van der Waals surface area contributed by atoms with Gasteiger partial charge in [0.05, 0.1) is 18.1 Å². The lowest BCUT2D eigenvalue weighted by Crippen LogP contribution is -2.33. The SMILES string of the molecule is CCOc1cc(C=C2SC(=O)N(CC(=O)c3ccccc3)C2=O)ccc1OCc1ccccc1F. The average molecular weight is 492 g/mol. The van der Waals surface area contributed by atoms with Crippen LogP contribution in [0.2, 0.25) is 0 Å². The monoisotopic (exact) mass is 491 g/mol. The molecule has 35 heavy (non-hydrogen) atoms. The van der Waals surface area contributed by atoms with Crippen molar-refractivity contribution in [1.29, 1.82) is 0 Å². The first-order chi connectivity index (χ1) is 17.0. The quantitative estimate of drug-likeness (QED) is 0.282. The lowest BCUT2D eigenvalue weighted by Gasteiger charge is -2.13. The van der Waals surface area contributed by atoms with Crippen LogP contribution >= 0.6 is 11.8 Å². The molecule has 1 aliphatic rings. The highest BCUT2D eigenvalue weighted by molar-refractivity contribution is 8.18. The number of halogens is 1. The van der Waals surface area contributed by atoms with Gasteiger partial charge < -0.3 is 9.47 Å². The molecule has 0 N–H and O–H groups in total. The summed E-state index contributed by atoms with van der Waals surface area (Å²) in [6.07, 6.45) is 1.57. The van der Waals surface area contributed by atoms with Crippen LogP contribution in [0.1, 0.15) is 28.4 Å². The molecule has 0 radical (unpaired) electrons. The van der Waals surface area contributed by atoms with E-state index < -0.39 is 11.1 Å². The van der Waals surface area contributed by atoms with Crippen molar-refractivity contribution >= 4 is 34.8 Å². The minimum absolute atomic E-state index is 0.0282. The number of Topliss-reactive ketones (excluding diaryl/α,β-unsaturated/α-hetero) is 1. The molecule has 3 aromatic carbocycles. The Balaban J connectivity index is 1.49. The molecule has 0 spiro atoms. The Morgan fingerprint density at radius 3 is 2.46 bits per heavy atom. The summed E-state index contributed by atoms with van der Waals surface area (Å²) in [6, 6.07) is 19.9. The van der Waals surface area contributed by atoms with Gasteiger partial charge in [-0.3, -0.25) is 19.3 Å². The summed E-state index contributed by atoms with van der Waals surface area (Å²) in [6.45, 7) is 1.90. The number of benzene rings is 3. The van der Waals surface area contributed by atoms with E-state index >= 15 is 0 Å². The summed E-state index contributed by atoms with van der Waals surface area (Å²) in [5.41, 5.74) is 1.46. The predicted molar refractivity (Wildman–Crippen MR) is 132 cm³/mol. The van der Waals surface area contributed by atoms with E-state index in [2.05, 4.69) is 0 Å². The van der Waals surface area contributed by atoms with E-state index in [4.69, 9.17) is 9.47 Å². The Kier molecular flexibility index (Phi) is 7.62. The highest BCUT2D eigenvalue weighted by Gasteiger charge is 2.36. The number of amides is 2. The average Bonchev–Trinajstić information content (AvgIpc) is 3.12. The van der Waals surface area contributed by atoms with Gasteiger partial charge in [-0.2, -0.15) is 0 Å². The highest BCUT2D eigenvalue weighted by Crippen LogP contribution is 2.35. The normalized spacial score (nSPS) is 14.5. The van der Waals surface area contributed by atoms with Crippen molar-refractivity contribution in [3.63, 3.8) is 0 Å². The summed E-state index contributed by atoms with van der Waals surface area (Å²) in [5, 5.41) is -0.500. The second kappa shape index (κ2) is 11.0. The van der Waals surface area contributed by atoms with E-state index in [1.165, 1.54) is 6.07 Å². The van der Waals surface area contributed by atoms with E-state index in [-0.39, 0.29) is 29.7 Å². The van der Waals surface area contributed by atoms with Gasteiger partial charge in [-0.15, -0.1) is 0 Å². The number of nitrogens with zero attached hydrogens (tertiary/aromatic N) is 1. The first kappa shape index (κ1) is 24.2. The van der Waals surface area contributed by atoms with E-state index in [0.29, 0.717) is 34.8 Å². The van der Waals surface area contributed by atoms with Gasteiger partial charge in [0.1, 0.15) is 12.4 Å². The summed E-state index contributed by atoms with van der Waals surface area (Å²) < 4.78 is 25.3. The number of thioether (sulfide) groups is 1. The number of hydrogen-bond acceptors (Lipinski definition) is 6. The van der Waals surface area contributed by atoms with Gasteiger partial charge in [-0.25, -0.2) is 4.39 Å². The fraction of sp³-hybridized carbons (Fsp3) is 0.148. The van der Waals surface area contributed by atoms with Crippen LogP contribution in [0.3, 0.4) is 0 Å². The summed E-state index contributed by atoms with van der Waals surface area (Å²) in [4.78, 5) is 38.9. The fourth-order valence-electron chi connectivity index (χ4n) is 3.42. The largest absolute Gasteiger partial charge is 0.490 e. The van der Waals surface area contributed by atoms with Crippen LogP contribution < -0.4 is 9.47 Å². The van der Waals surface area contributed by atoms with Crippen LogP contribution in [0.25, 0.3) is 6.08 Å². The number of ketones is 1. The zero-order valence-corrected chi connectivity index (χ0v) is 19.7. The molecule has 2 amide bonds. The van der Waals surface area contributed by atoms with Gasteiger partial charge in [-0.05, 0) is 48.5 Å². The van der Waals surface area contributed by atoms with Crippen molar-refractivity contribution in [3.05, 3.63) is 100 Å². The first-order valence-electron chi connectivity index (χ1n) is 10.9. The number of hydrogen-bond donors (Lipinski definition) is 0. The molecule has 4 rings (SSSR count). The van der Waals surface area contributed by atoms with Crippen LogP contribution in [0, 0.1) is 5.82 Å². The number of carbonyl (C=O) groups is 3. The first-order valence-corrected chi connectivity index (χ1v) is 11.7. The van der Waals surface area contributed by atoms with Gasteiger partial charge in [0.15, 0.2) is 17.3 Å². The van der Waals surface area contributed by atoms with Gasteiger partial charge >= 0.3 is 0 Å². The second-order valence-electron chi connectivity index (χ2n) is 7.58. The third kappa shape index (κ3) is 5.78. The van der Waals surface area contributed by atoms with Crippen LogP contribution in [-0.4, -0.2) is 35.0 Å². The molecule has 6 nitrogen and oxygen atoms in total. The summed E-state index contributed by atoms with van der Waals surface area (Å²) >= 11 is 0.779. The van der Waals surface area contributed by atoms with E-state index in [1.54, 1.807) is 72.8 Å². The molecule has 0 saturated carbocycles. The van der Waals surface area contributed by atoms with Crippen LogP contribution in [0.5, 0.6) is 11.5 Å². The lowest BCUT2D eigenvalue weighted by atomic mass is 10.1. The molecule has 0 aliphatic carbocycles. The number of ether oxygens (including phenoxy) is 2. The maximum Gasteiger partial charge on any atom is 0.293 e. The molecule has 0 atom stereocenters. The van der Waals surface area contributed by atoms with Gasteiger partial charge in [0.25, 0.3) is 11.1 Å². The van der Waals surface area contributed by atoms with Crippen molar-refractivity contribution in [2.24, 2.45) is 0 Å². The molecule has 1 heterocycles. The zero-order chi connectivity index (χ0) is 24.8. The van der Waals surface area contributed by atoms with Gasteiger partial charge in [0, 0.05) is 11.1 Å². The zero-order valence-electron chi connectivity index (χ0n) is 18.9. The Morgan fingerprint density at radius 1 is 0.971 bits per heavy atom. The molecule has 0 aromatic heterocycles. The number of rotatable bonds is 9.